The van der Waals surface area contributed by atoms with Crippen LogP contribution in [0.4, 0.5) is 14.6 Å². The zero-order valence-corrected chi connectivity index (χ0v) is 20.2. The highest BCUT2D eigenvalue weighted by molar-refractivity contribution is 5.82. The van der Waals surface area contributed by atoms with Crippen molar-refractivity contribution >= 4 is 11.5 Å². The van der Waals surface area contributed by atoms with E-state index in [0.29, 0.717) is 52.9 Å². The second kappa shape index (κ2) is 7.89. The molecule has 35 heavy (non-hydrogen) atoms. The fraction of sp³-hybridized carbons (Fsp3) is 0.345. The molecule has 0 spiro atoms. The van der Waals surface area contributed by atoms with Crippen molar-refractivity contribution < 1.29 is 8.78 Å². The van der Waals surface area contributed by atoms with Crippen LogP contribution < -0.4 is 11.1 Å². The summed E-state index contributed by atoms with van der Waals surface area (Å²) >= 11 is 0. The molecule has 0 unspecified atom stereocenters. The van der Waals surface area contributed by atoms with E-state index in [-0.39, 0.29) is 17.1 Å². The Morgan fingerprint density at radius 1 is 1.11 bits per heavy atom. The fourth-order valence-corrected chi connectivity index (χ4v) is 6.07. The van der Waals surface area contributed by atoms with Crippen molar-refractivity contribution in [1.82, 2.24) is 15.2 Å². The topological polar surface area (TPSA) is 54.2 Å². The van der Waals surface area contributed by atoms with Gasteiger partial charge in [-0.2, -0.15) is 4.39 Å². The SMILES string of the molecule is C=C1NCCc2cc(-c3cc(-c4ccc([C@@]56C[C@@H]5CN(C(C)C)C6)cc4)c(F)nc3N)cc(F)c21. The molecule has 0 bridgehead atoms. The second-order valence-corrected chi connectivity index (χ2v) is 10.6. The number of hydrogen-bond donors (Lipinski definition) is 2. The molecule has 3 heterocycles. The van der Waals surface area contributed by atoms with Crippen molar-refractivity contribution in [3.63, 3.8) is 0 Å². The van der Waals surface area contributed by atoms with Crippen LogP contribution in [0.25, 0.3) is 28.0 Å². The standard InChI is InChI=1S/C29H30F2N4/c1-16(2)35-14-22-13-29(22,15-35)21-6-4-18(5-7-21)23-12-24(28(32)34-27(23)31)20-10-19-8-9-33-17(3)26(19)25(30)11-20/h4-7,10-12,16,22,33H,3,8-9,13-15H2,1-2H3,(H2,32,34)/t22-,29+/m1/s1. The molecule has 2 atom stereocenters. The lowest BCUT2D eigenvalue weighted by Gasteiger charge is -2.24. The summed E-state index contributed by atoms with van der Waals surface area (Å²) in [6, 6.07) is 13.8. The Kier molecular flexibility index (Phi) is 5.01. The highest BCUT2D eigenvalue weighted by Crippen LogP contribution is 2.59. The van der Waals surface area contributed by atoms with E-state index in [1.54, 1.807) is 6.07 Å². The van der Waals surface area contributed by atoms with Crippen LogP contribution >= 0.6 is 0 Å². The maximum Gasteiger partial charge on any atom is 0.222 e. The van der Waals surface area contributed by atoms with Crippen LogP contribution in [0.2, 0.25) is 0 Å². The summed E-state index contributed by atoms with van der Waals surface area (Å²) in [5.41, 5.74) is 11.9. The predicted molar refractivity (Wildman–Crippen MR) is 137 cm³/mol. The normalized spacial score (nSPS) is 23.2. The van der Waals surface area contributed by atoms with Gasteiger partial charge in [0.2, 0.25) is 5.95 Å². The Balaban J connectivity index is 1.35. The molecular weight excluding hydrogens is 442 g/mol. The number of benzene rings is 2. The van der Waals surface area contributed by atoms with Crippen molar-refractivity contribution in [3.05, 3.63) is 77.5 Å². The first-order valence-corrected chi connectivity index (χ1v) is 12.3. The number of anilines is 1. The smallest absolute Gasteiger partial charge is 0.222 e. The van der Waals surface area contributed by atoms with Crippen LogP contribution in [-0.2, 0) is 11.8 Å². The van der Waals surface area contributed by atoms with E-state index >= 15 is 0 Å². The highest BCUT2D eigenvalue weighted by atomic mass is 19.1. The minimum Gasteiger partial charge on any atom is -0.385 e. The third-order valence-corrected chi connectivity index (χ3v) is 8.20. The van der Waals surface area contributed by atoms with E-state index in [9.17, 15) is 8.78 Å². The van der Waals surface area contributed by atoms with Gasteiger partial charge in [-0.05, 0) is 67.0 Å². The number of fused-ring (bicyclic) bond motifs is 2. The monoisotopic (exact) mass is 472 g/mol. The number of nitrogen functional groups attached to an aromatic ring is 1. The van der Waals surface area contributed by atoms with Crippen LogP contribution in [0.5, 0.6) is 0 Å². The molecular formula is C29H30F2N4. The van der Waals surface area contributed by atoms with E-state index in [2.05, 4.69) is 47.8 Å². The van der Waals surface area contributed by atoms with Gasteiger partial charge < -0.3 is 11.1 Å². The molecule has 4 nitrogen and oxygen atoms in total. The molecule has 3 N–H and O–H groups in total. The van der Waals surface area contributed by atoms with E-state index in [0.717, 1.165) is 24.2 Å². The summed E-state index contributed by atoms with van der Waals surface area (Å²) in [4.78, 5) is 6.53. The van der Waals surface area contributed by atoms with Gasteiger partial charge in [-0.3, -0.25) is 4.90 Å². The van der Waals surface area contributed by atoms with Crippen LogP contribution in [0.3, 0.4) is 0 Å². The van der Waals surface area contributed by atoms with Crippen molar-refractivity contribution in [1.29, 1.82) is 0 Å². The summed E-state index contributed by atoms with van der Waals surface area (Å²) in [6.45, 7) is 11.3. The fourth-order valence-electron chi connectivity index (χ4n) is 6.07. The van der Waals surface area contributed by atoms with Crippen molar-refractivity contribution in [2.45, 2.75) is 38.1 Å². The van der Waals surface area contributed by atoms with Crippen molar-refractivity contribution in [3.8, 4) is 22.3 Å². The number of hydrogen-bond acceptors (Lipinski definition) is 4. The molecule has 1 saturated carbocycles. The summed E-state index contributed by atoms with van der Waals surface area (Å²) in [7, 11) is 0. The van der Waals surface area contributed by atoms with Crippen LogP contribution in [0.1, 0.15) is 37.0 Å². The molecule has 6 heteroatoms. The summed E-state index contributed by atoms with van der Waals surface area (Å²) < 4.78 is 29.9. The van der Waals surface area contributed by atoms with Gasteiger partial charge in [0, 0.05) is 53.5 Å². The lowest BCUT2D eigenvalue weighted by Crippen LogP contribution is -2.32. The average molecular weight is 473 g/mol. The Labute approximate surface area is 204 Å². The summed E-state index contributed by atoms with van der Waals surface area (Å²) in [6.07, 6.45) is 1.91. The zero-order valence-electron chi connectivity index (χ0n) is 20.2. The van der Waals surface area contributed by atoms with Crippen LogP contribution in [0, 0.1) is 17.7 Å². The maximum atomic E-state index is 15.0. The van der Waals surface area contributed by atoms with Gasteiger partial charge in [-0.25, -0.2) is 9.37 Å². The molecule has 6 rings (SSSR count). The summed E-state index contributed by atoms with van der Waals surface area (Å²) in [5.74, 6) is -0.226. The second-order valence-electron chi connectivity index (χ2n) is 10.6. The molecule has 0 radical (unpaired) electrons. The van der Waals surface area contributed by atoms with E-state index < -0.39 is 5.95 Å². The third kappa shape index (κ3) is 3.54. The number of halogens is 2. The first-order chi connectivity index (χ1) is 16.8. The minimum atomic E-state index is -0.621. The van der Waals surface area contributed by atoms with Crippen LogP contribution in [0.15, 0.2) is 49.0 Å². The molecule has 0 amide bonds. The van der Waals surface area contributed by atoms with E-state index in [4.69, 9.17) is 5.73 Å². The van der Waals surface area contributed by atoms with Crippen molar-refractivity contribution in [2.24, 2.45) is 5.92 Å². The quantitative estimate of drug-likeness (QED) is 0.501. The molecule has 180 valence electrons. The Hall–Kier alpha value is -3.25. The molecule has 3 aromatic rings. The van der Waals surface area contributed by atoms with Gasteiger partial charge in [-0.15, -0.1) is 0 Å². The van der Waals surface area contributed by atoms with Gasteiger partial charge in [0.1, 0.15) is 11.6 Å². The lowest BCUT2D eigenvalue weighted by molar-refractivity contribution is 0.243. The highest BCUT2D eigenvalue weighted by Gasteiger charge is 2.60. The Bertz CT molecular complexity index is 1350. The van der Waals surface area contributed by atoms with Gasteiger partial charge in [0.25, 0.3) is 0 Å². The van der Waals surface area contributed by atoms with Gasteiger partial charge in [-0.1, -0.05) is 36.9 Å². The minimum absolute atomic E-state index is 0.0504. The lowest BCUT2D eigenvalue weighted by atomic mass is 9.91. The predicted octanol–water partition coefficient (Wildman–Crippen LogP) is 5.37. The Morgan fingerprint density at radius 3 is 2.60 bits per heavy atom. The molecule has 1 saturated heterocycles. The molecule has 1 aliphatic carbocycles. The molecule has 1 aromatic heterocycles. The average Bonchev–Trinajstić information content (AvgIpc) is 3.39. The van der Waals surface area contributed by atoms with Gasteiger partial charge >= 0.3 is 0 Å². The summed E-state index contributed by atoms with van der Waals surface area (Å²) in [5, 5.41) is 3.10. The molecule has 2 aromatic carbocycles. The molecule has 2 aliphatic heterocycles. The number of nitrogens with one attached hydrogen (secondary N) is 1. The maximum absolute atomic E-state index is 15.0. The van der Waals surface area contributed by atoms with Crippen molar-refractivity contribution in [2.75, 3.05) is 25.4 Å². The number of nitrogens with two attached hydrogens (primary N) is 1. The molecule has 3 aliphatic rings. The zero-order chi connectivity index (χ0) is 24.5. The first-order valence-electron chi connectivity index (χ1n) is 12.3. The number of pyridine rings is 1. The number of likely N-dealkylation sites (tertiary alicyclic amines) is 1. The first kappa shape index (κ1) is 22.2. The Morgan fingerprint density at radius 2 is 1.89 bits per heavy atom. The van der Waals surface area contributed by atoms with E-state index in [1.165, 1.54) is 18.1 Å². The number of nitrogens with zero attached hydrogens (tertiary/aromatic N) is 2. The number of aromatic nitrogens is 1. The number of piperidine rings is 1. The largest absolute Gasteiger partial charge is 0.385 e. The van der Waals surface area contributed by atoms with Crippen LogP contribution in [-0.4, -0.2) is 35.6 Å². The van der Waals surface area contributed by atoms with Gasteiger partial charge in [0.05, 0.1) is 0 Å². The van der Waals surface area contributed by atoms with E-state index in [1.807, 2.05) is 18.2 Å². The number of rotatable bonds is 4. The van der Waals surface area contributed by atoms with Gasteiger partial charge in [0.15, 0.2) is 0 Å². The third-order valence-electron chi connectivity index (χ3n) is 8.20. The molecule has 2 fully saturated rings.